The highest BCUT2D eigenvalue weighted by molar-refractivity contribution is 9.10. The van der Waals surface area contributed by atoms with Gasteiger partial charge in [0.25, 0.3) is 0 Å². The number of benzene rings is 1. The molecule has 0 bridgehead atoms. The summed E-state index contributed by atoms with van der Waals surface area (Å²) in [5.74, 6) is 1.34. The molecule has 2 aromatic rings. The standard InChI is InChI=1S/C14H18BrN5/c1-4-20(5-2)14-18-13(9-16-19-14)17-11-6-7-12(15)10(3)8-11/h6-9H,4-5H2,1-3H3,(H,17,18,19). The minimum absolute atomic E-state index is 0.647. The quantitative estimate of drug-likeness (QED) is 0.905. The van der Waals surface area contributed by atoms with Gasteiger partial charge in [-0.05, 0) is 44.5 Å². The van der Waals surface area contributed by atoms with Gasteiger partial charge >= 0.3 is 0 Å². The van der Waals surface area contributed by atoms with Gasteiger partial charge < -0.3 is 10.2 Å². The van der Waals surface area contributed by atoms with Crippen LogP contribution < -0.4 is 10.2 Å². The van der Waals surface area contributed by atoms with E-state index < -0.39 is 0 Å². The summed E-state index contributed by atoms with van der Waals surface area (Å²) in [4.78, 5) is 6.55. The third kappa shape index (κ3) is 3.45. The van der Waals surface area contributed by atoms with E-state index in [0.717, 1.165) is 23.2 Å². The molecule has 0 aliphatic heterocycles. The molecule has 0 aliphatic carbocycles. The molecule has 1 aromatic heterocycles. The van der Waals surface area contributed by atoms with Crippen molar-refractivity contribution < 1.29 is 0 Å². The van der Waals surface area contributed by atoms with Crippen LogP contribution in [-0.2, 0) is 0 Å². The van der Waals surface area contributed by atoms with Gasteiger partial charge in [0.2, 0.25) is 5.95 Å². The zero-order valence-electron chi connectivity index (χ0n) is 11.9. The molecule has 2 rings (SSSR count). The van der Waals surface area contributed by atoms with E-state index in [4.69, 9.17) is 0 Å². The van der Waals surface area contributed by atoms with Crippen molar-refractivity contribution in [2.45, 2.75) is 20.8 Å². The Morgan fingerprint density at radius 1 is 1.25 bits per heavy atom. The maximum absolute atomic E-state index is 4.49. The van der Waals surface area contributed by atoms with Crippen LogP contribution >= 0.6 is 15.9 Å². The molecule has 6 heteroatoms. The van der Waals surface area contributed by atoms with Crippen LogP contribution in [0.25, 0.3) is 0 Å². The van der Waals surface area contributed by atoms with Crippen molar-refractivity contribution in [2.24, 2.45) is 0 Å². The Balaban J connectivity index is 2.21. The number of rotatable bonds is 5. The fraction of sp³-hybridized carbons (Fsp3) is 0.357. The summed E-state index contributed by atoms with van der Waals surface area (Å²) < 4.78 is 1.09. The van der Waals surface area contributed by atoms with Crippen LogP contribution in [0.4, 0.5) is 17.5 Å². The number of anilines is 3. The summed E-state index contributed by atoms with van der Waals surface area (Å²) in [7, 11) is 0. The van der Waals surface area contributed by atoms with Gasteiger partial charge in [-0.25, -0.2) is 0 Å². The second kappa shape index (κ2) is 6.65. The summed E-state index contributed by atoms with van der Waals surface area (Å²) in [6.07, 6.45) is 1.63. The number of aryl methyl sites for hydroxylation is 1. The SMILES string of the molecule is CCN(CC)c1nncc(Nc2ccc(Br)c(C)c2)n1. The highest BCUT2D eigenvalue weighted by atomic mass is 79.9. The first-order valence-electron chi connectivity index (χ1n) is 6.61. The third-order valence-corrected chi connectivity index (χ3v) is 3.91. The minimum Gasteiger partial charge on any atom is -0.340 e. The Labute approximate surface area is 127 Å². The molecule has 0 saturated carbocycles. The predicted octanol–water partition coefficient (Wildman–Crippen LogP) is 3.53. The third-order valence-electron chi connectivity index (χ3n) is 3.02. The Bertz CT molecular complexity index is 584. The van der Waals surface area contributed by atoms with E-state index in [-0.39, 0.29) is 0 Å². The Hall–Kier alpha value is -1.69. The monoisotopic (exact) mass is 335 g/mol. The molecule has 20 heavy (non-hydrogen) atoms. The van der Waals surface area contributed by atoms with Crippen LogP contribution in [0.3, 0.4) is 0 Å². The average molecular weight is 336 g/mol. The molecule has 1 heterocycles. The molecule has 0 saturated heterocycles. The number of nitrogens with one attached hydrogen (secondary N) is 1. The lowest BCUT2D eigenvalue weighted by Gasteiger charge is -2.18. The van der Waals surface area contributed by atoms with Crippen LogP contribution in [0.2, 0.25) is 0 Å². The van der Waals surface area contributed by atoms with E-state index in [1.54, 1.807) is 6.20 Å². The maximum atomic E-state index is 4.49. The summed E-state index contributed by atoms with van der Waals surface area (Å²) in [6, 6.07) is 6.07. The van der Waals surface area contributed by atoms with Crippen molar-refractivity contribution in [1.29, 1.82) is 0 Å². The lowest BCUT2D eigenvalue weighted by atomic mass is 10.2. The smallest absolute Gasteiger partial charge is 0.247 e. The Kier molecular flexibility index (Phi) is 4.89. The predicted molar refractivity (Wildman–Crippen MR) is 85.5 cm³/mol. The first-order valence-corrected chi connectivity index (χ1v) is 7.41. The molecule has 1 aromatic carbocycles. The topological polar surface area (TPSA) is 53.9 Å². The van der Waals surface area contributed by atoms with Gasteiger partial charge in [0.05, 0.1) is 6.20 Å². The van der Waals surface area contributed by atoms with Gasteiger partial charge in [-0.3, -0.25) is 0 Å². The Morgan fingerprint density at radius 2 is 2.00 bits per heavy atom. The molecule has 1 N–H and O–H groups in total. The highest BCUT2D eigenvalue weighted by Gasteiger charge is 2.07. The van der Waals surface area contributed by atoms with Crippen LogP contribution in [-0.4, -0.2) is 28.3 Å². The molecule has 5 nitrogen and oxygen atoms in total. The van der Waals surface area contributed by atoms with E-state index in [0.29, 0.717) is 11.8 Å². The number of hydrogen-bond acceptors (Lipinski definition) is 5. The fourth-order valence-corrected chi connectivity index (χ4v) is 2.11. The summed E-state index contributed by atoms with van der Waals surface area (Å²) in [5.41, 5.74) is 2.15. The van der Waals surface area contributed by atoms with Gasteiger partial charge in [0, 0.05) is 23.2 Å². The molecule has 0 unspecified atom stereocenters. The van der Waals surface area contributed by atoms with Crippen molar-refractivity contribution in [3.8, 4) is 0 Å². The normalized spacial score (nSPS) is 10.4. The first kappa shape index (κ1) is 14.7. The van der Waals surface area contributed by atoms with Crippen LogP contribution in [0.5, 0.6) is 0 Å². The van der Waals surface area contributed by atoms with E-state index >= 15 is 0 Å². The highest BCUT2D eigenvalue weighted by Crippen LogP contribution is 2.22. The summed E-state index contributed by atoms with van der Waals surface area (Å²) in [6.45, 7) is 7.92. The van der Waals surface area contributed by atoms with E-state index in [1.807, 2.05) is 12.1 Å². The molecule has 0 fully saturated rings. The van der Waals surface area contributed by atoms with Crippen molar-refractivity contribution in [1.82, 2.24) is 15.2 Å². The average Bonchev–Trinajstić information content (AvgIpc) is 2.45. The molecular formula is C14H18BrN5. The minimum atomic E-state index is 0.647. The summed E-state index contributed by atoms with van der Waals surface area (Å²) >= 11 is 3.49. The molecule has 0 aliphatic rings. The van der Waals surface area contributed by atoms with E-state index in [2.05, 4.69) is 68.2 Å². The van der Waals surface area contributed by atoms with Gasteiger partial charge in [-0.1, -0.05) is 15.9 Å². The second-order valence-electron chi connectivity index (χ2n) is 4.40. The van der Waals surface area contributed by atoms with Gasteiger partial charge in [0.15, 0.2) is 5.82 Å². The fourth-order valence-electron chi connectivity index (χ4n) is 1.87. The van der Waals surface area contributed by atoms with Gasteiger partial charge in [0.1, 0.15) is 0 Å². The Morgan fingerprint density at radius 3 is 2.65 bits per heavy atom. The van der Waals surface area contributed by atoms with Crippen LogP contribution in [0.1, 0.15) is 19.4 Å². The van der Waals surface area contributed by atoms with E-state index in [9.17, 15) is 0 Å². The number of aromatic nitrogens is 3. The van der Waals surface area contributed by atoms with Crippen LogP contribution in [0.15, 0.2) is 28.9 Å². The van der Waals surface area contributed by atoms with Gasteiger partial charge in [-0.15, -0.1) is 5.10 Å². The van der Waals surface area contributed by atoms with Crippen LogP contribution in [0, 0.1) is 6.92 Å². The van der Waals surface area contributed by atoms with Crippen molar-refractivity contribution in [3.05, 3.63) is 34.4 Å². The number of hydrogen-bond donors (Lipinski definition) is 1. The van der Waals surface area contributed by atoms with Crippen molar-refractivity contribution in [3.63, 3.8) is 0 Å². The van der Waals surface area contributed by atoms with Gasteiger partial charge in [-0.2, -0.15) is 10.1 Å². The lowest BCUT2D eigenvalue weighted by molar-refractivity contribution is 0.796. The number of halogens is 1. The second-order valence-corrected chi connectivity index (χ2v) is 5.26. The molecule has 0 spiro atoms. The molecular weight excluding hydrogens is 318 g/mol. The number of nitrogens with zero attached hydrogens (tertiary/aromatic N) is 4. The van der Waals surface area contributed by atoms with Crippen molar-refractivity contribution in [2.75, 3.05) is 23.3 Å². The summed E-state index contributed by atoms with van der Waals surface area (Å²) in [5, 5.41) is 11.3. The molecule has 0 amide bonds. The largest absolute Gasteiger partial charge is 0.340 e. The zero-order valence-corrected chi connectivity index (χ0v) is 13.5. The molecule has 0 atom stereocenters. The molecule has 0 radical (unpaired) electrons. The maximum Gasteiger partial charge on any atom is 0.247 e. The zero-order chi connectivity index (χ0) is 14.5. The first-order chi connectivity index (χ1) is 9.63. The lowest BCUT2D eigenvalue weighted by Crippen LogP contribution is -2.24. The van der Waals surface area contributed by atoms with Crippen molar-refractivity contribution >= 4 is 33.4 Å². The van der Waals surface area contributed by atoms with E-state index in [1.165, 1.54) is 5.56 Å². The molecule has 106 valence electrons.